The van der Waals surface area contributed by atoms with E-state index >= 15 is 0 Å². The van der Waals surface area contributed by atoms with Crippen LogP contribution in [0, 0.1) is 0 Å². The summed E-state index contributed by atoms with van der Waals surface area (Å²) in [6.07, 6.45) is 0. The summed E-state index contributed by atoms with van der Waals surface area (Å²) in [5.74, 6) is 7.94. The predicted molar refractivity (Wildman–Crippen MR) is 187 cm³/mol. The summed E-state index contributed by atoms with van der Waals surface area (Å²) in [6.45, 7) is 0. The molecule has 8 N–H and O–H groups in total. The fraction of sp³-hybridized carbons (Fsp3) is 0. The van der Waals surface area contributed by atoms with E-state index in [0.717, 1.165) is 18.2 Å². The zero-order valence-electron chi connectivity index (χ0n) is 26.7. The smallest absolute Gasteiger partial charge is 0.337 e. The van der Waals surface area contributed by atoms with Crippen molar-refractivity contribution < 1.29 is 45.1 Å². The third kappa shape index (κ3) is 7.99. The number of aromatic hydroxyl groups is 1. The number of azo groups is 1. The van der Waals surface area contributed by atoms with Crippen LogP contribution < -0.4 is 27.2 Å². The molecule has 0 spiro atoms. The third-order valence-corrected chi connectivity index (χ3v) is 9.34. The van der Waals surface area contributed by atoms with Crippen LogP contribution in [0.5, 0.6) is 17.5 Å². The molecule has 0 fully saturated rings. The standard InChI is InChI=1S/C32H25N9O10S2/c33-50-52(45,46)21-15-18-16-25(53(47,48)51-34)27(41-40-23-14-8-7-13-22(23)29(43)44)28(42)26(18)24(17-21)36-31-37-30(35-19-9-3-1-4-10-19)38-32(39-31)49-20-11-5-2-6-12-20/h1-17,42H,33-34H2,(H,43,44)(H2,35,36,37,38,39). The fourth-order valence-corrected chi connectivity index (χ4v) is 6.22. The number of nitrogens with one attached hydrogen (secondary N) is 2. The van der Waals surface area contributed by atoms with Gasteiger partial charge in [-0.3, -0.25) is 0 Å². The van der Waals surface area contributed by atoms with Crippen molar-refractivity contribution in [3.8, 4) is 17.5 Å². The van der Waals surface area contributed by atoms with E-state index in [0.29, 0.717) is 11.4 Å². The van der Waals surface area contributed by atoms with Crippen molar-refractivity contribution >= 4 is 71.6 Å². The van der Waals surface area contributed by atoms with Crippen molar-refractivity contribution in [1.29, 1.82) is 0 Å². The van der Waals surface area contributed by atoms with Crippen LogP contribution in [0.15, 0.2) is 123 Å². The van der Waals surface area contributed by atoms with Crippen LogP contribution in [0.1, 0.15) is 10.4 Å². The summed E-state index contributed by atoms with van der Waals surface area (Å²) in [7, 11) is -9.58. The van der Waals surface area contributed by atoms with Crippen LogP contribution in [0.2, 0.25) is 0 Å². The van der Waals surface area contributed by atoms with Crippen LogP contribution in [0.4, 0.5) is 34.6 Å². The molecule has 0 aliphatic carbocycles. The number of nitrogens with zero attached hydrogens (tertiary/aromatic N) is 5. The van der Waals surface area contributed by atoms with Crippen molar-refractivity contribution in [2.75, 3.05) is 10.6 Å². The lowest BCUT2D eigenvalue weighted by Gasteiger charge is -2.16. The first kappa shape index (κ1) is 36.2. The Hall–Kier alpha value is -6.62. The normalized spacial score (nSPS) is 11.8. The van der Waals surface area contributed by atoms with Gasteiger partial charge in [-0.2, -0.15) is 52.1 Å². The molecule has 1 heterocycles. The summed E-state index contributed by atoms with van der Waals surface area (Å²) in [5, 5.41) is 34.3. The van der Waals surface area contributed by atoms with Gasteiger partial charge in [0.2, 0.25) is 11.9 Å². The molecule has 6 aromatic rings. The van der Waals surface area contributed by atoms with E-state index in [1.807, 2.05) is 0 Å². The molecule has 5 aromatic carbocycles. The Morgan fingerprint density at radius 2 is 1.36 bits per heavy atom. The molecular weight excluding hydrogens is 735 g/mol. The number of fused-ring (bicyclic) bond motifs is 1. The first-order valence-corrected chi connectivity index (χ1v) is 17.6. The highest BCUT2D eigenvalue weighted by Gasteiger charge is 2.28. The quantitative estimate of drug-likeness (QED) is 0.0644. The maximum Gasteiger partial charge on any atom is 0.337 e. The highest BCUT2D eigenvalue weighted by Crippen LogP contribution is 2.46. The Morgan fingerprint density at radius 3 is 2.02 bits per heavy atom. The van der Waals surface area contributed by atoms with Gasteiger partial charge in [-0.05, 0) is 60.0 Å². The molecule has 0 atom stereocenters. The maximum absolute atomic E-state index is 13.0. The number of ether oxygens (including phenoxy) is 1. The van der Waals surface area contributed by atoms with Gasteiger partial charge in [-0.25, -0.2) is 4.79 Å². The number of para-hydroxylation sites is 2. The number of carbonyl (C=O) groups is 1. The number of nitrogens with two attached hydrogens (primary N) is 2. The van der Waals surface area contributed by atoms with Crippen LogP contribution in [-0.4, -0.2) is 48.0 Å². The van der Waals surface area contributed by atoms with Gasteiger partial charge in [0.1, 0.15) is 22.0 Å². The zero-order valence-corrected chi connectivity index (χ0v) is 28.3. The summed E-state index contributed by atoms with van der Waals surface area (Å²) < 4.78 is 66.0. The Morgan fingerprint density at radius 1 is 0.736 bits per heavy atom. The van der Waals surface area contributed by atoms with E-state index in [4.69, 9.17) is 16.5 Å². The Balaban J connectivity index is 1.58. The number of rotatable bonds is 13. The lowest BCUT2D eigenvalue weighted by Crippen LogP contribution is -2.13. The highest BCUT2D eigenvalue weighted by atomic mass is 32.2. The molecule has 270 valence electrons. The summed E-state index contributed by atoms with van der Waals surface area (Å²) in [4.78, 5) is 23.3. The molecule has 0 aliphatic heterocycles. The number of aromatic nitrogens is 3. The molecule has 0 bridgehead atoms. The molecule has 19 nitrogen and oxygen atoms in total. The van der Waals surface area contributed by atoms with Gasteiger partial charge in [-0.1, -0.05) is 48.5 Å². The van der Waals surface area contributed by atoms with Crippen LogP contribution >= 0.6 is 0 Å². The number of carboxylic acid groups (broad SMARTS) is 1. The lowest BCUT2D eigenvalue weighted by atomic mass is 10.1. The minimum absolute atomic E-state index is 0.0257. The molecule has 0 radical (unpaired) electrons. The van der Waals surface area contributed by atoms with Gasteiger partial charge in [0.05, 0.1) is 16.1 Å². The highest BCUT2D eigenvalue weighted by molar-refractivity contribution is 7.87. The van der Waals surface area contributed by atoms with Gasteiger partial charge >= 0.3 is 32.2 Å². The van der Waals surface area contributed by atoms with Crippen molar-refractivity contribution in [1.82, 2.24) is 15.0 Å². The van der Waals surface area contributed by atoms with E-state index in [9.17, 15) is 31.8 Å². The van der Waals surface area contributed by atoms with E-state index < -0.39 is 47.4 Å². The number of hydrogen-bond acceptors (Lipinski definition) is 18. The molecule has 21 heteroatoms. The molecule has 6 rings (SSSR count). The van der Waals surface area contributed by atoms with Crippen molar-refractivity contribution in [2.45, 2.75) is 9.79 Å². The average Bonchev–Trinajstić information content (AvgIpc) is 3.15. The second kappa shape index (κ2) is 14.9. The van der Waals surface area contributed by atoms with Crippen LogP contribution in [-0.2, 0) is 28.8 Å². The second-order valence-corrected chi connectivity index (χ2v) is 13.7. The van der Waals surface area contributed by atoms with Crippen molar-refractivity contribution in [2.24, 2.45) is 22.0 Å². The zero-order chi connectivity index (χ0) is 37.8. The van der Waals surface area contributed by atoms with E-state index in [-0.39, 0.29) is 45.6 Å². The van der Waals surface area contributed by atoms with Crippen molar-refractivity contribution in [3.05, 3.63) is 109 Å². The minimum atomic E-state index is -4.91. The first-order valence-electron chi connectivity index (χ1n) is 14.8. The van der Waals surface area contributed by atoms with Gasteiger partial charge < -0.3 is 25.6 Å². The van der Waals surface area contributed by atoms with E-state index in [1.165, 1.54) is 24.3 Å². The summed E-state index contributed by atoms with van der Waals surface area (Å²) in [5.41, 5.74) is -0.920. The number of benzene rings is 5. The number of aromatic carboxylic acids is 1. The summed E-state index contributed by atoms with van der Waals surface area (Å²) >= 11 is 0. The van der Waals surface area contributed by atoms with Crippen molar-refractivity contribution in [3.63, 3.8) is 0 Å². The number of phenolic OH excluding ortho intramolecular Hbond substituents is 1. The van der Waals surface area contributed by atoms with Gasteiger partial charge in [0.15, 0.2) is 5.75 Å². The minimum Gasteiger partial charge on any atom is -0.505 e. The maximum atomic E-state index is 13.0. The van der Waals surface area contributed by atoms with Gasteiger partial charge in [0, 0.05) is 11.1 Å². The topological polar surface area (TPSA) is 293 Å². The largest absolute Gasteiger partial charge is 0.505 e. The molecule has 0 unspecified atom stereocenters. The summed E-state index contributed by atoms with van der Waals surface area (Å²) in [6, 6.07) is 25.3. The second-order valence-electron chi connectivity index (χ2n) is 10.6. The molecule has 0 saturated heterocycles. The number of phenols is 1. The van der Waals surface area contributed by atoms with Crippen LogP contribution in [0.25, 0.3) is 10.8 Å². The Bertz CT molecular complexity index is 2540. The van der Waals surface area contributed by atoms with E-state index in [2.05, 4.69) is 44.4 Å². The molecule has 1 aromatic heterocycles. The first-order chi connectivity index (χ1) is 25.4. The molecule has 0 amide bonds. The van der Waals surface area contributed by atoms with Crippen LogP contribution in [0.3, 0.4) is 0 Å². The Labute approximate surface area is 299 Å². The Kier molecular flexibility index (Phi) is 10.2. The monoisotopic (exact) mass is 759 g/mol. The number of hydrogen-bond donors (Lipinski definition) is 6. The number of carboxylic acids is 1. The molecule has 0 saturated carbocycles. The molecule has 53 heavy (non-hydrogen) atoms. The van der Waals surface area contributed by atoms with Gasteiger partial charge in [0.25, 0.3) is 0 Å². The lowest BCUT2D eigenvalue weighted by molar-refractivity contribution is 0.0697. The fourth-order valence-electron chi connectivity index (χ4n) is 4.82. The molecular formula is C32H25N9O10S2. The van der Waals surface area contributed by atoms with E-state index in [1.54, 1.807) is 60.7 Å². The van der Waals surface area contributed by atoms with Gasteiger partial charge in [-0.15, -0.1) is 10.2 Å². The SMILES string of the molecule is NOS(=O)(=O)c1cc(Nc2nc(Nc3ccccc3)nc(Oc3ccccc3)n2)c2c(O)c(N=Nc3ccccc3C(=O)O)c(S(=O)(=O)ON)cc2c1. The number of anilines is 4. The average molecular weight is 760 g/mol. The predicted octanol–water partition coefficient (Wildman–Crippen LogP) is 5.28. The molecule has 0 aliphatic rings. The third-order valence-electron chi connectivity index (χ3n) is 7.17.